The van der Waals surface area contributed by atoms with Gasteiger partial charge in [0, 0.05) is 18.0 Å². The normalized spacial score (nSPS) is 25.9. The molecule has 0 aromatic carbocycles. The van der Waals surface area contributed by atoms with E-state index in [1.54, 1.807) is 11.3 Å². The number of thiazole rings is 1. The summed E-state index contributed by atoms with van der Waals surface area (Å²) in [6.07, 6.45) is 5.59. The van der Waals surface area contributed by atoms with Crippen LogP contribution in [0.4, 0.5) is 0 Å². The van der Waals surface area contributed by atoms with Crippen molar-refractivity contribution in [3.8, 4) is 0 Å². The van der Waals surface area contributed by atoms with Crippen molar-refractivity contribution >= 4 is 28.8 Å². The highest BCUT2D eigenvalue weighted by Gasteiger charge is 2.40. The molecule has 6 heteroatoms. The Bertz CT molecular complexity index is 493. The first-order valence-electron chi connectivity index (χ1n) is 7.79. The molecule has 3 heterocycles. The molecular formula is C15H22ClN3OS. The monoisotopic (exact) mass is 327 g/mol. The van der Waals surface area contributed by atoms with E-state index in [-0.39, 0.29) is 11.8 Å². The van der Waals surface area contributed by atoms with Gasteiger partial charge in [-0.05, 0) is 45.2 Å². The quantitative estimate of drug-likeness (QED) is 0.644. The fraction of sp³-hybridized carbons (Fsp3) is 0.733. The van der Waals surface area contributed by atoms with E-state index in [4.69, 9.17) is 11.6 Å². The van der Waals surface area contributed by atoms with Crippen LogP contribution >= 0.6 is 22.9 Å². The summed E-state index contributed by atoms with van der Waals surface area (Å²) in [5.41, 5.74) is 0.992. The van der Waals surface area contributed by atoms with Crippen molar-refractivity contribution in [1.82, 2.24) is 15.2 Å². The molecule has 1 N–H and O–H groups in total. The van der Waals surface area contributed by atoms with Crippen molar-refractivity contribution in [1.29, 1.82) is 0 Å². The Hall–Kier alpha value is -0.650. The minimum absolute atomic E-state index is 0.240. The zero-order valence-electron chi connectivity index (χ0n) is 12.2. The highest BCUT2D eigenvalue weighted by atomic mass is 35.5. The van der Waals surface area contributed by atoms with Gasteiger partial charge >= 0.3 is 0 Å². The van der Waals surface area contributed by atoms with Gasteiger partial charge < -0.3 is 5.32 Å². The van der Waals surface area contributed by atoms with Crippen LogP contribution in [0.2, 0.25) is 0 Å². The van der Waals surface area contributed by atoms with E-state index in [9.17, 15) is 4.79 Å². The lowest BCUT2D eigenvalue weighted by Gasteiger charge is -2.35. The van der Waals surface area contributed by atoms with Crippen LogP contribution in [0.3, 0.4) is 0 Å². The zero-order chi connectivity index (χ0) is 14.7. The highest BCUT2D eigenvalue weighted by molar-refractivity contribution is 7.09. The molecule has 2 aliphatic heterocycles. The Morgan fingerprint density at radius 3 is 3.19 bits per heavy atom. The smallest absolute Gasteiger partial charge is 0.224 e. The van der Waals surface area contributed by atoms with Crippen LogP contribution in [0.15, 0.2) is 5.38 Å². The van der Waals surface area contributed by atoms with Crippen LogP contribution in [-0.2, 0) is 17.1 Å². The molecule has 0 bridgehead atoms. The lowest BCUT2D eigenvalue weighted by atomic mass is 9.91. The second kappa shape index (κ2) is 7.07. The van der Waals surface area contributed by atoms with E-state index >= 15 is 0 Å². The third-order valence-corrected chi connectivity index (χ3v) is 5.77. The van der Waals surface area contributed by atoms with Gasteiger partial charge in [-0.3, -0.25) is 9.69 Å². The summed E-state index contributed by atoms with van der Waals surface area (Å²) in [5, 5.41) is 6.26. The number of alkyl halides is 1. The maximum Gasteiger partial charge on any atom is 0.224 e. The second-order valence-electron chi connectivity index (χ2n) is 5.92. The van der Waals surface area contributed by atoms with Gasteiger partial charge in [-0.1, -0.05) is 0 Å². The van der Waals surface area contributed by atoms with Crippen molar-refractivity contribution in [2.24, 2.45) is 5.92 Å². The Morgan fingerprint density at radius 1 is 1.48 bits per heavy atom. The Balaban J connectivity index is 1.41. The number of hydrogen-bond acceptors (Lipinski definition) is 4. The molecule has 1 amide bonds. The first-order valence-corrected chi connectivity index (χ1v) is 9.20. The van der Waals surface area contributed by atoms with Crippen LogP contribution in [0.25, 0.3) is 0 Å². The minimum Gasteiger partial charge on any atom is -0.354 e. The molecule has 2 unspecified atom stereocenters. The fourth-order valence-corrected chi connectivity index (χ4v) is 4.50. The molecule has 0 saturated carbocycles. The fourth-order valence-electron chi connectivity index (χ4n) is 3.43. The zero-order valence-corrected chi connectivity index (χ0v) is 13.8. The van der Waals surface area contributed by atoms with E-state index in [1.165, 1.54) is 11.4 Å². The molecule has 3 rings (SSSR count). The van der Waals surface area contributed by atoms with Gasteiger partial charge in [0.15, 0.2) is 0 Å². The Labute approximate surface area is 134 Å². The number of likely N-dealkylation sites (tertiary alicyclic amines) is 1. The Morgan fingerprint density at radius 2 is 2.38 bits per heavy atom. The number of fused-ring (bicyclic) bond motifs is 1. The molecule has 0 radical (unpaired) electrons. The van der Waals surface area contributed by atoms with Gasteiger partial charge in [-0.15, -0.1) is 22.9 Å². The van der Waals surface area contributed by atoms with E-state index < -0.39 is 0 Å². The summed E-state index contributed by atoms with van der Waals surface area (Å²) >= 11 is 7.48. The van der Waals surface area contributed by atoms with E-state index in [0.29, 0.717) is 11.9 Å². The first-order chi connectivity index (χ1) is 10.3. The van der Waals surface area contributed by atoms with Crippen LogP contribution in [0, 0.1) is 5.92 Å². The molecule has 2 atom stereocenters. The number of nitrogens with zero attached hydrogens (tertiary/aromatic N) is 2. The predicted molar refractivity (Wildman–Crippen MR) is 85.7 cm³/mol. The average Bonchev–Trinajstić information content (AvgIpc) is 3.11. The van der Waals surface area contributed by atoms with Gasteiger partial charge in [-0.2, -0.15) is 0 Å². The number of aryl methyl sites for hydroxylation is 1. The number of amides is 1. The lowest BCUT2D eigenvalue weighted by Crippen LogP contribution is -2.45. The second-order valence-corrected chi connectivity index (χ2v) is 7.13. The van der Waals surface area contributed by atoms with Gasteiger partial charge in [0.25, 0.3) is 0 Å². The number of nitrogens with one attached hydrogen (secondary N) is 1. The summed E-state index contributed by atoms with van der Waals surface area (Å²) < 4.78 is 0. The number of carbonyl (C=O) groups excluding carboxylic acids is 1. The molecular weight excluding hydrogens is 306 g/mol. The Kier molecular flexibility index (Phi) is 5.14. The lowest BCUT2D eigenvalue weighted by molar-refractivity contribution is -0.124. The number of carbonyl (C=O) groups is 1. The largest absolute Gasteiger partial charge is 0.354 e. The number of aromatic nitrogens is 1. The molecule has 21 heavy (non-hydrogen) atoms. The SMILES string of the molecule is O=C1NCC2C1CCCN2CCCCc1nc(CCl)cs1. The van der Waals surface area contributed by atoms with Gasteiger partial charge in [0.05, 0.1) is 22.5 Å². The third-order valence-electron chi connectivity index (χ3n) is 4.54. The first kappa shape index (κ1) is 15.3. The van der Waals surface area contributed by atoms with Crippen molar-refractivity contribution < 1.29 is 4.79 Å². The maximum absolute atomic E-state index is 11.7. The van der Waals surface area contributed by atoms with E-state index in [2.05, 4.69) is 15.2 Å². The van der Waals surface area contributed by atoms with Crippen LogP contribution in [0.1, 0.15) is 36.4 Å². The van der Waals surface area contributed by atoms with Crippen molar-refractivity contribution in [2.75, 3.05) is 19.6 Å². The molecule has 1 aromatic heterocycles. The summed E-state index contributed by atoms with van der Waals surface area (Å²) in [7, 11) is 0. The van der Waals surface area contributed by atoms with Crippen molar-refractivity contribution in [2.45, 2.75) is 44.0 Å². The molecule has 0 aliphatic carbocycles. The number of piperidine rings is 1. The van der Waals surface area contributed by atoms with Crippen LogP contribution in [0.5, 0.6) is 0 Å². The molecule has 1 aromatic rings. The molecule has 0 spiro atoms. The van der Waals surface area contributed by atoms with Gasteiger partial charge in [-0.25, -0.2) is 4.98 Å². The molecule has 2 aliphatic rings. The number of rotatable bonds is 6. The van der Waals surface area contributed by atoms with Crippen molar-refractivity contribution in [3.63, 3.8) is 0 Å². The highest BCUT2D eigenvalue weighted by Crippen LogP contribution is 2.27. The van der Waals surface area contributed by atoms with Crippen LogP contribution in [-0.4, -0.2) is 41.5 Å². The standard InChI is InChI=1S/C15H22ClN3OS/c16-8-11-10-21-14(18-11)5-1-2-6-19-7-3-4-12-13(19)9-17-15(12)20/h10,12-13H,1-9H2,(H,17,20). The summed E-state index contributed by atoms with van der Waals surface area (Å²) in [4.78, 5) is 18.8. The molecule has 2 fully saturated rings. The van der Waals surface area contributed by atoms with Crippen LogP contribution < -0.4 is 5.32 Å². The molecule has 2 saturated heterocycles. The number of unbranched alkanes of at least 4 members (excludes halogenated alkanes) is 1. The average molecular weight is 328 g/mol. The summed E-state index contributed by atoms with van der Waals surface area (Å²) in [5.74, 6) is 1.01. The molecule has 4 nitrogen and oxygen atoms in total. The van der Waals surface area contributed by atoms with Gasteiger partial charge in [0.2, 0.25) is 5.91 Å². The van der Waals surface area contributed by atoms with E-state index in [1.807, 2.05) is 5.38 Å². The summed E-state index contributed by atoms with van der Waals surface area (Å²) in [6, 6.07) is 0.439. The third kappa shape index (κ3) is 3.58. The minimum atomic E-state index is 0.240. The number of hydrogen-bond donors (Lipinski definition) is 1. The molecule has 116 valence electrons. The number of halogens is 1. The van der Waals surface area contributed by atoms with Gasteiger partial charge in [0.1, 0.15) is 0 Å². The summed E-state index contributed by atoms with van der Waals surface area (Å²) in [6.45, 7) is 3.09. The predicted octanol–water partition coefficient (Wildman–Crippen LogP) is 2.42. The van der Waals surface area contributed by atoms with E-state index in [0.717, 1.165) is 51.0 Å². The topological polar surface area (TPSA) is 45.2 Å². The van der Waals surface area contributed by atoms with Crippen molar-refractivity contribution in [3.05, 3.63) is 16.1 Å². The maximum atomic E-state index is 11.7.